The summed E-state index contributed by atoms with van der Waals surface area (Å²) in [6, 6.07) is 5.10. The Morgan fingerprint density at radius 1 is 1.36 bits per heavy atom. The number of carbonyl (C=O) groups is 1. The van der Waals surface area contributed by atoms with Gasteiger partial charge >= 0.3 is 0 Å². The van der Waals surface area contributed by atoms with Gasteiger partial charge in [0.1, 0.15) is 0 Å². The summed E-state index contributed by atoms with van der Waals surface area (Å²) >= 11 is 5.92. The molecule has 1 amide bonds. The lowest BCUT2D eigenvalue weighted by Crippen LogP contribution is -2.10. The second-order valence-corrected chi connectivity index (χ2v) is 3.33. The molecular weight excluding hydrogens is 200 g/mol. The highest BCUT2D eigenvalue weighted by atomic mass is 35.5. The third kappa shape index (κ3) is 1.42. The largest absolute Gasteiger partial charge is 0.366 e. The number of fused-ring (bicyclic) bond motifs is 1. The summed E-state index contributed by atoms with van der Waals surface area (Å²) in [6.45, 7) is 0. The molecule has 0 saturated carbocycles. The first kappa shape index (κ1) is 8.97. The second kappa shape index (κ2) is 3.27. The molecular formula is C10H7ClN2O. The molecule has 1 aromatic heterocycles. The summed E-state index contributed by atoms with van der Waals surface area (Å²) in [7, 11) is 0. The van der Waals surface area contributed by atoms with E-state index in [1.807, 2.05) is 0 Å². The number of nitrogens with zero attached hydrogens (tertiary/aromatic N) is 1. The fourth-order valence-electron chi connectivity index (χ4n) is 1.28. The minimum Gasteiger partial charge on any atom is -0.366 e. The van der Waals surface area contributed by atoms with Crippen LogP contribution in [0.5, 0.6) is 0 Å². The molecule has 1 heterocycles. The van der Waals surface area contributed by atoms with Crippen molar-refractivity contribution in [3.8, 4) is 0 Å². The van der Waals surface area contributed by atoms with Gasteiger partial charge in [-0.3, -0.25) is 9.78 Å². The van der Waals surface area contributed by atoms with E-state index in [2.05, 4.69) is 4.98 Å². The van der Waals surface area contributed by atoms with Gasteiger partial charge in [0.15, 0.2) is 0 Å². The molecule has 70 valence electrons. The van der Waals surface area contributed by atoms with Crippen molar-refractivity contribution in [1.29, 1.82) is 0 Å². The predicted molar refractivity (Wildman–Crippen MR) is 55.3 cm³/mol. The van der Waals surface area contributed by atoms with Crippen molar-refractivity contribution in [3.05, 3.63) is 41.2 Å². The topological polar surface area (TPSA) is 56.0 Å². The summed E-state index contributed by atoms with van der Waals surface area (Å²) in [6.07, 6.45) is 3.22. The summed E-state index contributed by atoms with van der Waals surface area (Å²) in [5, 5.41) is 2.20. The van der Waals surface area contributed by atoms with Gasteiger partial charge < -0.3 is 5.73 Å². The van der Waals surface area contributed by atoms with Crippen LogP contribution in [0, 0.1) is 0 Å². The summed E-state index contributed by atoms with van der Waals surface area (Å²) in [4.78, 5) is 14.9. The fourth-order valence-corrected chi connectivity index (χ4v) is 1.50. The van der Waals surface area contributed by atoms with E-state index < -0.39 is 5.91 Å². The van der Waals surface area contributed by atoms with Gasteiger partial charge in [-0.15, -0.1) is 0 Å². The zero-order valence-corrected chi connectivity index (χ0v) is 7.95. The van der Waals surface area contributed by atoms with Gasteiger partial charge in [0, 0.05) is 28.7 Å². The molecule has 3 nitrogen and oxygen atoms in total. The molecule has 0 atom stereocenters. The van der Waals surface area contributed by atoms with E-state index in [9.17, 15) is 4.79 Å². The third-order valence-electron chi connectivity index (χ3n) is 2.00. The Labute approximate surface area is 85.5 Å². The van der Waals surface area contributed by atoms with Crippen molar-refractivity contribution in [3.63, 3.8) is 0 Å². The molecule has 0 bridgehead atoms. The summed E-state index contributed by atoms with van der Waals surface area (Å²) in [5.74, 6) is -0.459. The van der Waals surface area contributed by atoms with Crippen molar-refractivity contribution in [2.24, 2.45) is 5.73 Å². The molecule has 0 spiro atoms. The van der Waals surface area contributed by atoms with Gasteiger partial charge in [0.25, 0.3) is 0 Å². The lowest BCUT2D eigenvalue weighted by molar-refractivity contribution is 0.100. The van der Waals surface area contributed by atoms with Crippen LogP contribution in [0.2, 0.25) is 5.02 Å². The van der Waals surface area contributed by atoms with Gasteiger partial charge in [-0.1, -0.05) is 17.7 Å². The number of pyridine rings is 1. The first-order chi connectivity index (χ1) is 6.68. The Morgan fingerprint density at radius 3 is 2.86 bits per heavy atom. The van der Waals surface area contributed by atoms with Gasteiger partial charge in [-0.25, -0.2) is 0 Å². The van der Waals surface area contributed by atoms with Gasteiger partial charge in [0.2, 0.25) is 5.91 Å². The van der Waals surface area contributed by atoms with Crippen LogP contribution in [0.3, 0.4) is 0 Å². The van der Waals surface area contributed by atoms with Crippen LogP contribution in [0.4, 0.5) is 0 Å². The number of rotatable bonds is 1. The average molecular weight is 207 g/mol. The minimum absolute atomic E-state index is 0.450. The molecule has 0 unspecified atom stereocenters. The SMILES string of the molecule is NC(=O)c1ccc2cncc(Cl)c2c1. The number of hydrogen-bond donors (Lipinski definition) is 1. The molecule has 0 aliphatic heterocycles. The standard InChI is InChI=1S/C10H7ClN2O/c11-9-5-13-4-7-2-1-6(10(12)14)3-8(7)9/h1-5H,(H2,12,14). The van der Waals surface area contributed by atoms with Gasteiger partial charge in [0.05, 0.1) is 5.02 Å². The number of nitrogens with two attached hydrogens (primary N) is 1. The number of primary amides is 1. The number of aromatic nitrogens is 1. The predicted octanol–water partition coefficient (Wildman–Crippen LogP) is 1.99. The molecule has 0 saturated heterocycles. The maximum absolute atomic E-state index is 10.9. The minimum atomic E-state index is -0.459. The quantitative estimate of drug-likeness (QED) is 0.776. The molecule has 2 N–H and O–H groups in total. The highest BCUT2D eigenvalue weighted by Crippen LogP contribution is 2.22. The number of benzene rings is 1. The zero-order chi connectivity index (χ0) is 10.1. The molecule has 0 aliphatic carbocycles. The van der Waals surface area contributed by atoms with Crippen molar-refractivity contribution >= 4 is 28.3 Å². The van der Waals surface area contributed by atoms with E-state index >= 15 is 0 Å². The summed E-state index contributed by atoms with van der Waals surface area (Å²) < 4.78 is 0. The van der Waals surface area contributed by atoms with Crippen molar-refractivity contribution in [2.75, 3.05) is 0 Å². The molecule has 0 radical (unpaired) electrons. The number of amides is 1. The van der Waals surface area contributed by atoms with E-state index in [-0.39, 0.29) is 0 Å². The van der Waals surface area contributed by atoms with Crippen LogP contribution in [-0.2, 0) is 0 Å². The van der Waals surface area contributed by atoms with Crippen LogP contribution >= 0.6 is 11.6 Å². The Morgan fingerprint density at radius 2 is 2.14 bits per heavy atom. The maximum Gasteiger partial charge on any atom is 0.248 e. The molecule has 2 aromatic rings. The Kier molecular flexibility index (Phi) is 2.09. The van der Waals surface area contributed by atoms with Crippen LogP contribution in [-0.4, -0.2) is 10.9 Å². The normalized spacial score (nSPS) is 10.4. The Bertz CT molecular complexity index is 510. The van der Waals surface area contributed by atoms with Gasteiger partial charge in [-0.05, 0) is 12.1 Å². The fraction of sp³-hybridized carbons (Fsp3) is 0. The van der Waals surface area contributed by atoms with E-state index in [0.29, 0.717) is 10.6 Å². The number of carbonyl (C=O) groups excluding carboxylic acids is 1. The van der Waals surface area contributed by atoms with Crippen molar-refractivity contribution in [2.45, 2.75) is 0 Å². The number of hydrogen-bond acceptors (Lipinski definition) is 2. The molecule has 1 aromatic carbocycles. The smallest absolute Gasteiger partial charge is 0.248 e. The average Bonchev–Trinajstić information content (AvgIpc) is 2.18. The van der Waals surface area contributed by atoms with Crippen molar-refractivity contribution < 1.29 is 4.79 Å². The molecule has 2 rings (SSSR count). The first-order valence-electron chi connectivity index (χ1n) is 4.01. The lowest BCUT2D eigenvalue weighted by Gasteiger charge is -2.01. The second-order valence-electron chi connectivity index (χ2n) is 2.92. The van der Waals surface area contributed by atoms with Crippen LogP contribution in [0.25, 0.3) is 10.8 Å². The van der Waals surface area contributed by atoms with E-state index in [0.717, 1.165) is 10.8 Å². The zero-order valence-electron chi connectivity index (χ0n) is 7.20. The molecule has 0 fully saturated rings. The van der Waals surface area contributed by atoms with E-state index in [4.69, 9.17) is 17.3 Å². The first-order valence-corrected chi connectivity index (χ1v) is 4.39. The monoisotopic (exact) mass is 206 g/mol. The highest BCUT2D eigenvalue weighted by molar-refractivity contribution is 6.35. The molecule has 0 aliphatic rings. The van der Waals surface area contributed by atoms with Crippen molar-refractivity contribution in [1.82, 2.24) is 4.98 Å². The van der Waals surface area contributed by atoms with E-state index in [1.165, 1.54) is 6.20 Å². The van der Waals surface area contributed by atoms with Crippen LogP contribution < -0.4 is 5.73 Å². The Hall–Kier alpha value is -1.61. The Balaban J connectivity index is 2.76. The van der Waals surface area contributed by atoms with E-state index in [1.54, 1.807) is 24.4 Å². The molecule has 4 heteroatoms. The lowest BCUT2D eigenvalue weighted by atomic mass is 10.1. The highest BCUT2D eigenvalue weighted by Gasteiger charge is 2.03. The van der Waals surface area contributed by atoms with Crippen LogP contribution in [0.1, 0.15) is 10.4 Å². The molecule has 14 heavy (non-hydrogen) atoms. The maximum atomic E-state index is 10.9. The van der Waals surface area contributed by atoms with Gasteiger partial charge in [-0.2, -0.15) is 0 Å². The van der Waals surface area contributed by atoms with Crippen LogP contribution in [0.15, 0.2) is 30.6 Å². The third-order valence-corrected chi connectivity index (χ3v) is 2.30. The summed E-state index contributed by atoms with van der Waals surface area (Å²) in [5.41, 5.74) is 5.61. The number of halogens is 1.